The number of unbranched alkanes of at least 4 members (excludes halogenated alkanes) is 1. The van der Waals surface area contributed by atoms with Crippen LogP contribution in [0.3, 0.4) is 0 Å². The predicted molar refractivity (Wildman–Crippen MR) is 40.7 cm³/mol. The van der Waals surface area contributed by atoms with E-state index < -0.39 is 0 Å². The Bertz CT molecular complexity index is 76.3. The SMILES string of the molecule is [CH2]CCC#CCSC. The van der Waals surface area contributed by atoms with E-state index in [1.165, 1.54) is 0 Å². The largest absolute Gasteiger partial charge is 0.152 e. The summed E-state index contributed by atoms with van der Waals surface area (Å²) in [7, 11) is 0. The minimum Gasteiger partial charge on any atom is -0.152 e. The van der Waals surface area contributed by atoms with Gasteiger partial charge in [0.1, 0.15) is 0 Å². The molecular weight excluding hydrogens is 116 g/mol. The van der Waals surface area contributed by atoms with Crippen LogP contribution >= 0.6 is 11.8 Å². The second-order valence-corrected chi connectivity index (χ2v) is 2.26. The van der Waals surface area contributed by atoms with Crippen LogP contribution < -0.4 is 0 Å². The van der Waals surface area contributed by atoms with Crippen molar-refractivity contribution < 1.29 is 0 Å². The van der Waals surface area contributed by atoms with Crippen molar-refractivity contribution in [2.24, 2.45) is 0 Å². The van der Waals surface area contributed by atoms with Crippen molar-refractivity contribution in [1.82, 2.24) is 0 Å². The molecule has 0 aromatic carbocycles. The summed E-state index contributed by atoms with van der Waals surface area (Å²) in [6, 6.07) is 0. The quantitative estimate of drug-likeness (QED) is 0.511. The lowest BCUT2D eigenvalue weighted by molar-refractivity contribution is 1.08. The van der Waals surface area contributed by atoms with E-state index in [1.54, 1.807) is 11.8 Å². The number of thioether (sulfide) groups is 1. The van der Waals surface area contributed by atoms with E-state index in [1.807, 2.05) is 0 Å². The van der Waals surface area contributed by atoms with Gasteiger partial charge in [-0.05, 0) is 12.7 Å². The molecule has 8 heavy (non-hydrogen) atoms. The van der Waals surface area contributed by atoms with Crippen LogP contribution in [-0.4, -0.2) is 12.0 Å². The van der Waals surface area contributed by atoms with E-state index in [-0.39, 0.29) is 0 Å². The maximum Gasteiger partial charge on any atom is 0.0544 e. The van der Waals surface area contributed by atoms with Gasteiger partial charge in [0.2, 0.25) is 0 Å². The minimum atomic E-state index is 0.932. The molecule has 1 heteroatoms. The van der Waals surface area contributed by atoms with Gasteiger partial charge in [0.25, 0.3) is 0 Å². The zero-order chi connectivity index (χ0) is 6.24. The predicted octanol–water partition coefficient (Wildman–Crippen LogP) is 1.97. The Labute approximate surface area is 56.1 Å². The molecule has 0 unspecified atom stereocenters. The second-order valence-electron chi connectivity index (χ2n) is 1.39. The zero-order valence-electron chi connectivity index (χ0n) is 5.24. The third kappa shape index (κ3) is 5.91. The molecule has 0 aromatic rings. The highest BCUT2D eigenvalue weighted by atomic mass is 32.2. The van der Waals surface area contributed by atoms with Crippen molar-refractivity contribution in [2.75, 3.05) is 12.0 Å². The molecule has 0 saturated carbocycles. The lowest BCUT2D eigenvalue weighted by atomic mass is 10.3. The number of hydrogen-bond acceptors (Lipinski definition) is 1. The van der Waals surface area contributed by atoms with Crippen LogP contribution in [-0.2, 0) is 0 Å². The maximum atomic E-state index is 3.67. The Kier molecular flexibility index (Phi) is 6.83. The van der Waals surface area contributed by atoms with Gasteiger partial charge in [0.05, 0.1) is 5.75 Å². The first-order valence-electron chi connectivity index (χ1n) is 2.65. The van der Waals surface area contributed by atoms with Crippen LogP contribution in [0.2, 0.25) is 0 Å². The molecule has 0 atom stereocenters. The van der Waals surface area contributed by atoms with Gasteiger partial charge in [0, 0.05) is 6.42 Å². The smallest absolute Gasteiger partial charge is 0.0544 e. The molecule has 0 aromatic heterocycles. The van der Waals surface area contributed by atoms with Gasteiger partial charge < -0.3 is 0 Å². The Morgan fingerprint density at radius 3 is 2.75 bits per heavy atom. The first-order valence-corrected chi connectivity index (χ1v) is 4.05. The van der Waals surface area contributed by atoms with E-state index in [0.29, 0.717) is 0 Å². The monoisotopic (exact) mass is 127 g/mol. The molecular formula is C7H11S. The molecule has 0 aliphatic heterocycles. The molecule has 0 heterocycles. The third-order valence-electron chi connectivity index (χ3n) is 0.643. The number of rotatable bonds is 2. The van der Waals surface area contributed by atoms with Crippen molar-refractivity contribution in [2.45, 2.75) is 12.8 Å². The minimum absolute atomic E-state index is 0.932. The van der Waals surface area contributed by atoms with E-state index in [4.69, 9.17) is 0 Å². The summed E-state index contributed by atoms with van der Waals surface area (Å²) in [5.74, 6) is 6.97. The van der Waals surface area contributed by atoms with E-state index >= 15 is 0 Å². The Hall–Kier alpha value is -0.0900. The highest BCUT2D eigenvalue weighted by Crippen LogP contribution is 1.87. The lowest BCUT2D eigenvalue weighted by Gasteiger charge is -1.78. The van der Waals surface area contributed by atoms with Gasteiger partial charge in [-0.3, -0.25) is 0 Å². The van der Waals surface area contributed by atoms with Gasteiger partial charge >= 0.3 is 0 Å². The fourth-order valence-electron chi connectivity index (χ4n) is 0.300. The average Bonchev–Trinajstić information content (AvgIpc) is 1.81. The van der Waals surface area contributed by atoms with Gasteiger partial charge in [-0.15, -0.1) is 5.92 Å². The van der Waals surface area contributed by atoms with Crippen LogP contribution in [0.15, 0.2) is 0 Å². The molecule has 45 valence electrons. The van der Waals surface area contributed by atoms with Gasteiger partial charge in [-0.2, -0.15) is 11.8 Å². The van der Waals surface area contributed by atoms with E-state index in [0.717, 1.165) is 18.6 Å². The summed E-state index contributed by atoms with van der Waals surface area (Å²) in [6.07, 6.45) is 3.93. The summed E-state index contributed by atoms with van der Waals surface area (Å²) >= 11 is 1.76. The summed E-state index contributed by atoms with van der Waals surface area (Å²) in [4.78, 5) is 0. The Balaban J connectivity index is 2.95. The molecule has 0 rings (SSSR count). The summed E-state index contributed by atoms with van der Waals surface area (Å²) < 4.78 is 0. The van der Waals surface area contributed by atoms with Crippen LogP contribution in [0.1, 0.15) is 12.8 Å². The molecule has 0 spiro atoms. The Morgan fingerprint density at radius 1 is 1.50 bits per heavy atom. The zero-order valence-corrected chi connectivity index (χ0v) is 6.05. The van der Waals surface area contributed by atoms with Gasteiger partial charge in [0.15, 0.2) is 0 Å². The molecule has 0 nitrogen and oxygen atoms in total. The normalized spacial score (nSPS) is 7.75. The topological polar surface area (TPSA) is 0 Å². The molecule has 0 N–H and O–H groups in total. The van der Waals surface area contributed by atoms with Crippen molar-refractivity contribution in [3.05, 3.63) is 6.92 Å². The maximum absolute atomic E-state index is 3.67. The molecule has 0 bridgehead atoms. The van der Waals surface area contributed by atoms with Gasteiger partial charge in [-0.25, -0.2) is 0 Å². The van der Waals surface area contributed by atoms with Crippen molar-refractivity contribution in [1.29, 1.82) is 0 Å². The third-order valence-corrected chi connectivity index (χ3v) is 1.08. The molecule has 1 radical (unpaired) electrons. The first-order chi connectivity index (χ1) is 3.91. The lowest BCUT2D eigenvalue weighted by Crippen LogP contribution is -1.67. The highest BCUT2D eigenvalue weighted by Gasteiger charge is 1.69. The van der Waals surface area contributed by atoms with Crippen LogP contribution in [0.25, 0.3) is 0 Å². The molecule has 0 fully saturated rings. The fourth-order valence-corrected chi connectivity index (χ4v) is 0.546. The summed E-state index contributed by atoms with van der Waals surface area (Å²) in [5.41, 5.74) is 0. The molecule has 0 saturated heterocycles. The van der Waals surface area contributed by atoms with Crippen molar-refractivity contribution in [3.8, 4) is 11.8 Å². The summed E-state index contributed by atoms with van der Waals surface area (Å²) in [5, 5.41) is 0. The fraction of sp³-hybridized carbons (Fsp3) is 0.571. The second kappa shape index (κ2) is 6.91. The first kappa shape index (κ1) is 7.91. The molecule has 0 amide bonds. The standard InChI is InChI=1S/C7H11S/c1-3-4-5-6-7-8-2/h1,3-4,7H2,2H3. The Morgan fingerprint density at radius 2 is 2.25 bits per heavy atom. The molecule has 0 aliphatic carbocycles. The number of hydrogen-bond donors (Lipinski definition) is 0. The summed E-state index contributed by atoms with van der Waals surface area (Å²) in [6.45, 7) is 3.67. The van der Waals surface area contributed by atoms with E-state index in [2.05, 4.69) is 25.0 Å². The van der Waals surface area contributed by atoms with Crippen molar-refractivity contribution >= 4 is 11.8 Å². The van der Waals surface area contributed by atoms with Crippen LogP contribution in [0.5, 0.6) is 0 Å². The van der Waals surface area contributed by atoms with Crippen molar-refractivity contribution in [3.63, 3.8) is 0 Å². The van der Waals surface area contributed by atoms with Crippen LogP contribution in [0.4, 0.5) is 0 Å². The highest BCUT2D eigenvalue weighted by molar-refractivity contribution is 7.98. The average molecular weight is 127 g/mol. The van der Waals surface area contributed by atoms with E-state index in [9.17, 15) is 0 Å². The van der Waals surface area contributed by atoms with Gasteiger partial charge in [-0.1, -0.05) is 12.8 Å². The van der Waals surface area contributed by atoms with Crippen LogP contribution in [0, 0.1) is 18.8 Å². The molecule has 0 aliphatic rings.